The van der Waals surface area contributed by atoms with E-state index in [-0.39, 0.29) is 25.6 Å². The highest BCUT2D eigenvalue weighted by Crippen LogP contribution is 2.03. The van der Waals surface area contributed by atoms with Crippen molar-refractivity contribution in [2.24, 2.45) is 0 Å². The summed E-state index contributed by atoms with van der Waals surface area (Å²) >= 11 is 7.09. The van der Waals surface area contributed by atoms with Crippen LogP contribution in [0.3, 0.4) is 0 Å². The number of alkyl halides is 1. The Balaban J connectivity index is 0. The summed E-state index contributed by atoms with van der Waals surface area (Å²) in [5.41, 5.74) is 0. The number of halogens is 2. The van der Waals surface area contributed by atoms with Crippen molar-refractivity contribution in [3.63, 3.8) is 0 Å². The summed E-state index contributed by atoms with van der Waals surface area (Å²) in [4.78, 5) is 23.2. The Hall–Kier alpha value is -0.370. The van der Waals surface area contributed by atoms with Crippen LogP contribution in [0.2, 0.25) is 0 Å². The van der Waals surface area contributed by atoms with Crippen molar-refractivity contribution in [2.45, 2.75) is 19.4 Å². The zero-order valence-electron chi connectivity index (χ0n) is 12.4. The molecule has 0 spiro atoms. The van der Waals surface area contributed by atoms with Gasteiger partial charge in [-0.2, -0.15) is 11.8 Å². The summed E-state index contributed by atoms with van der Waals surface area (Å²) in [5, 5.41) is 5.51. The molecule has 0 aliphatic rings. The van der Waals surface area contributed by atoms with E-state index in [2.05, 4.69) is 10.6 Å². The Bertz CT molecular complexity index is 286. The Morgan fingerprint density at radius 3 is 2.57 bits per heavy atom. The molecule has 0 aromatic rings. The first-order chi connectivity index (χ1) is 9.65. The zero-order valence-corrected chi connectivity index (χ0v) is 14.7. The van der Waals surface area contributed by atoms with E-state index in [1.807, 2.05) is 6.26 Å². The van der Waals surface area contributed by atoms with Gasteiger partial charge in [0, 0.05) is 19.0 Å². The van der Waals surface area contributed by atoms with Gasteiger partial charge in [0.15, 0.2) is 0 Å². The van der Waals surface area contributed by atoms with Gasteiger partial charge in [0.25, 0.3) is 0 Å². The topological polar surface area (TPSA) is 76.7 Å². The predicted octanol–water partition coefficient (Wildman–Crippen LogP) is 1.65. The van der Waals surface area contributed by atoms with Crippen molar-refractivity contribution in [1.29, 1.82) is 0 Å². The molecule has 21 heavy (non-hydrogen) atoms. The van der Waals surface area contributed by atoms with E-state index in [1.165, 1.54) is 0 Å². The maximum atomic E-state index is 11.7. The van der Waals surface area contributed by atoms with Crippen LogP contribution in [-0.2, 0) is 14.3 Å². The van der Waals surface area contributed by atoms with Gasteiger partial charge >= 0.3 is 12.1 Å². The lowest BCUT2D eigenvalue weighted by atomic mass is 10.2. The number of ether oxygens (including phenoxy) is 2. The number of amides is 1. The second-order valence-corrected chi connectivity index (χ2v) is 5.17. The van der Waals surface area contributed by atoms with Crippen LogP contribution in [0.5, 0.6) is 0 Å². The van der Waals surface area contributed by atoms with Gasteiger partial charge in [-0.05, 0) is 25.4 Å². The Kier molecular flexibility index (Phi) is 17.5. The maximum absolute atomic E-state index is 11.7. The minimum atomic E-state index is -0.661. The number of carbonyl (C=O) groups excluding carboxylic acids is 2. The van der Waals surface area contributed by atoms with Gasteiger partial charge in [-0.25, -0.2) is 9.59 Å². The molecule has 0 heterocycles. The molecule has 0 aliphatic carbocycles. The van der Waals surface area contributed by atoms with E-state index >= 15 is 0 Å². The molecule has 9 heteroatoms. The standard InChI is InChI=1S/C12H23ClN2O4S.ClH/c1-3-18-11(16)10(4-9-20-2)15-12(17)19-8-7-14-6-5-13;/h10,14H,3-9H2,1-2H3,(H,15,17);1H. The van der Waals surface area contributed by atoms with Crippen LogP contribution >= 0.6 is 35.8 Å². The molecule has 2 N–H and O–H groups in total. The van der Waals surface area contributed by atoms with Crippen molar-refractivity contribution in [1.82, 2.24) is 10.6 Å². The van der Waals surface area contributed by atoms with Gasteiger partial charge in [0.2, 0.25) is 0 Å². The van der Waals surface area contributed by atoms with E-state index in [0.29, 0.717) is 25.4 Å². The van der Waals surface area contributed by atoms with Crippen LogP contribution in [-0.4, -0.2) is 62.3 Å². The van der Waals surface area contributed by atoms with Gasteiger partial charge < -0.3 is 20.1 Å². The number of nitrogens with one attached hydrogen (secondary N) is 2. The molecule has 0 aromatic carbocycles. The van der Waals surface area contributed by atoms with E-state index in [9.17, 15) is 9.59 Å². The highest BCUT2D eigenvalue weighted by Gasteiger charge is 2.22. The largest absolute Gasteiger partial charge is 0.464 e. The number of carbonyl (C=O) groups is 2. The summed E-state index contributed by atoms with van der Waals surface area (Å²) < 4.78 is 9.87. The lowest BCUT2D eigenvalue weighted by Crippen LogP contribution is -2.43. The third-order valence-corrected chi connectivity index (χ3v) is 3.09. The summed E-state index contributed by atoms with van der Waals surface area (Å²) in [6.45, 7) is 3.42. The molecule has 0 bridgehead atoms. The zero-order chi connectivity index (χ0) is 15.2. The normalized spacial score (nSPS) is 11.2. The molecule has 0 rings (SSSR count). The van der Waals surface area contributed by atoms with Gasteiger partial charge in [-0.3, -0.25) is 0 Å². The van der Waals surface area contributed by atoms with Crippen LogP contribution in [0.15, 0.2) is 0 Å². The molecule has 0 saturated carbocycles. The van der Waals surface area contributed by atoms with Crippen LogP contribution in [0, 0.1) is 0 Å². The number of thioether (sulfide) groups is 1. The molecule has 0 fully saturated rings. The SMILES string of the molecule is CCOC(=O)C(CCSC)NC(=O)OCCNCCCl.Cl. The number of esters is 1. The molecule has 0 aliphatic heterocycles. The Morgan fingerprint density at radius 1 is 1.29 bits per heavy atom. The van der Waals surface area contributed by atoms with Crippen LogP contribution in [0.4, 0.5) is 4.79 Å². The van der Waals surface area contributed by atoms with Crippen molar-refractivity contribution >= 4 is 47.8 Å². The van der Waals surface area contributed by atoms with E-state index in [1.54, 1.807) is 18.7 Å². The fraction of sp³-hybridized carbons (Fsp3) is 0.833. The lowest BCUT2D eigenvalue weighted by molar-refractivity contribution is -0.145. The molecule has 6 nitrogen and oxygen atoms in total. The molecule has 0 aromatic heterocycles. The van der Waals surface area contributed by atoms with Crippen LogP contribution in [0.1, 0.15) is 13.3 Å². The first kappa shape index (κ1) is 22.9. The fourth-order valence-electron chi connectivity index (χ4n) is 1.32. The first-order valence-electron chi connectivity index (χ1n) is 6.51. The summed E-state index contributed by atoms with van der Waals surface area (Å²) in [5.74, 6) is 0.825. The van der Waals surface area contributed by atoms with Crippen LogP contribution in [0.25, 0.3) is 0 Å². The highest BCUT2D eigenvalue weighted by atomic mass is 35.5. The first-order valence-corrected chi connectivity index (χ1v) is 8.44. The predicted molar refractivity (Wildman–Crippen MR) is 88.7 cm³/mol. The van der Waals surface area contributed by atoms with Crippen molar-refractivity contribution < 1.29 is 19.1 Å². The minimum absolute atomic E-state index is 0. The van der Waals surface area contributed by atoms with Gasteiger partial charge in [0.1, 0.15) is 12.6 Å². The summed E-state index contributed by atoms with van der Waals surface area (Å²) in [6, 6.07) is -0.661. The van der Waals surface area contributed by atoms with Crippen molar-refractivity contribution in [3.05, 3.63) is 0 Å². The second kappa shape index (κ2) is 16.0. The monoisotopic (exact) mass is 362 g/mol. The molecule has 126 valence electrons. The molecular formula is C12H24Cl2N2O4S. The minimum Gasteiger partial charge on any atom is -0.464 e. The molecule has 1 atom stereocenters. The molecular weight excluding hydrogens is 339 g/mol. The quantitative estimate of drug-likeness (QED) is 0.330. The van der Waals surface area contributed by atoms with Gasteiger partial charge in [-0.15, -0.1) is 24.0 Å². The van der Waals surface area contributed by atoms with E-state index in [0.717, 1.165) is 5.75 Å². The summed E-state index contributed by atoms with van der Waals surface area (Å²) in [7, 11) is 0. The average molecular weight is 363 g/mol. The summed E-state index contributed by atoms with van der Waals surface area (Å²) in [6.07, 6.45) is 1.83. The maximum Gasteiger partial charge on any atom is 0.407 e. The van der Waals surface area contributed by atoms with Gasteiger partial charge in [-0.1, -0.05) is 0 Å². The number of rotatable bonds is 11. The highest BCUT2D eigenvalue weighted by molar-refractivity contribution is 7.98. The van der Waals surface area contributed by atoms with Crippen LogP contribution < -0.4 is 10.6 Å². The van der Waals surface area contributed by atoms with E-state index in [4.69, 9.17) is 21.1 Å². The Labute approximate surface area is 141 Å². The molecule has 0 radical (unpaired) electrons. The molecule has 1 amide bonds. The fourth-order valence-corrected chi connectivity index (χ4v) is 1.92. The van der Waals surface area contributed by atoms with Crippen molar-refractivity contribution in [3.8, 4) is 0 Å². The Morgan fingerprint density at radius 2 is 2.00 bits per heavy atom. The average Bonchev–Trinajstić information content (AvgIpc) is 2.43. The number of alkyl carbamates (subject to hydrolysis) is 1. The lowest BCUT2D eigenvalue weighted by Gasteiger charge is -2.16. The molecule has 1 unspecified atom stereocenters. The number of hydrogen-bond acceptors (Lipinski definition) is 6. The molecule has 0 saturated heterocycles. The second-order valence-electron chi connectivity index (χ2n) is 3.81. The third kappa shape index (κ3) is 13.0. The van der Waals surface area contributed by atoms with Gasteiger partial charge in [0.05, 0.1) is 6.61 Å². The smallest absolute Gasteiger partial charge is 0.407 e. The van der Waals surface area contributed by atoms with Crippen molar-refractivity contribution in [2.75, 3.05) is 44.2 Å². The van der Waals surface area contributed by atoms with E-state index < -0.39 is 18.1 Å². The third-order valence-electron chi connectivity index (χ3n) is 2.26. The number of hydrogen-bond donors (Lipinski definition) is 2.